The topological polar surface area (TPSA) is 66.7 Å². The van der Waals surface area contributed by atoms with Gasteiger partial charge in [-0.3, -0.25) is 15.7 Å². The highest BCUT2D eigenvalue weighted by Crippen LogP contribution is 2.17. The van der Waals surface area contributed by atoms with Crippen LogP contribution in [0.1, 0.15) is 36.1 Å². The molecule has 2 N–H and O–H groups in total. The van der Waals surface area contributed by atoms with E-state index in [1.807, 2.05) is 6.07 Å². The van der Waals surface area contributed by atoms with Crippen molar-refractivity contribution in [2.24, 2.45) is 10.9 Å². The van der Waals surface area contributed by atoms with Gasteiger partial charge in [-0.1, -0.05) is 43.2 Å². The molecule has 0 atom stereocenters. The lowest BCUT2D eigenvalue weighted by Crippen LogP contribution is -2.22. The quantitative estimate of drug-likeness (QED) is 0.483. The van der Waals surface area contributed by atoms with Crippen LogP contribution in [0.3, 0.4) is 0 Å². The molecule has 0 saturated carbocycles. The predicted octanol–water partition coefficient (Wildman–Crippen LogP) is 3.66. The number of nitrogens with zero attached hydrogens (tertiary/aromatic N) is 2. The highest BCUT2D eigenvalue weighted by atomic mass is 16.5. The molecule has 128 valence electrons. The van der Waals surface area contributed by atoms with Crippen LogP contribution < -0.4 is 10.2 Å². The molecular formula is C19H25N3O2. The lowest BCUT2D eigenvalue weighted by Gasteiger charge is -2.13. The Morgan fingerprint density at radius 2 is 1.96 bits per heavy atom. The van der Waals surface area contributed by atoms with Gasteiger partial charge in [0, 0.05) is 6.20 Å². The molecule has 24 heavy (non-hydrogen) atoms. The molecule has 2 aromatic rings. The number of ether oxygens (including phenoxy) is 1. The van der Waals surface area contributed by atoms with Crippen molar-refractivity contribution in [3.63, 3.8) is 0 Å². The van der Waals surface area contributed by atoms with Crippen LogP contribution in [0.2, 0.25) is 0 Å². The molecule has 0 unspecified atom stereocenters. The Balaban J connectivity index is 2.24. The fourth-order valence-corrected chi connectivity index (χ4v) is 2.44. The minimum absolute atomic E-state index is 0.348. The smallest absolute Gasteiger partial charge is 0.224 e. The minimum atomic E-state index is 0.348. The van der Waals surface area contributed by atoms with Crippen molar-refractivity contribution >= 4 is 5.84 Å². The number of aryl methyl sites for hydroxylation is 2. The van der Waals surface area contributed by atoms with E-state index in [1.54, 1.807) is 12.3 Å². The largest absolute Gasteiger partial charge is 0.477 e. The van der Waals surface area contributed by atoms with Crippen molar-refractivity contribution in [3.05, 3.63) is 58.8 Å². The van der Waals surface area contributed by atoms with E-state index in [1.165, 1.54) is 11.1 Å². The summed E-state index contributed by atoms with van der Waals surface area (Å²) in [6, 6.07) is 9.92. The van der Waals surface area contributed by atoms with E-state index >= 15 is 0 Å². The van der Waals surface area contributed by atoms with Crippen molar-refractivity contribution in [2.45, 2.75) is 34.2 Å². The normalized spacial score (nSPS) is 11.7. The summed E-state index contributed by atoms with van der Waals surface area (Å²) in [6.45, 7) is 9.28. The number of aromatic nitrogens is 1. The lowest BCUT2D eigenvalue weighted by molar-refractivity contribution is 0.232. The van der Waals surface area contributed by atoms with E-state index in [9.17, 15) is 5.21 Å². The van der Waals surface area contributed by atoms with Gasteiger partial charge in [0.05, 0.1) is 18.7 Å². The van der Waals surface area contributed by atoms with Gasteiger partial charge in [0.15, 0.2) is 5.84 Å². The first kappa shape index (κ1) is 17.9. The highest BCUT2D eigenvalue weighted by Gasteiger charge is 2.12. The average Bonchev–Trinajstić information content (AvgIpc) is 2.53. The maximum absolute atomic E-state index is 9.50. The van der Waals surface area contributed by atoms with Crippen LogP contribution in [0.5, 0.6) is 5.88 Å². The lowest BCUT2D eigenvalue weighted by atomic mass is 10.1. The summed E-state index contributed by atoms with van der Waals surface area (Å²) < 4.78 is 5.73. The van der Waals surface area contributed by atoms with E-state index in [0.29, 0.717) is 36.3 Å². The third-order valence-electron chi connectivity index (χ3n) is 3.39. The molecule has 0 amide bonds. The van der Waals surface area contributed by atoms with Gasteiger partial charge < -0.3 is 4.74 Å². The molecule has 0 aliphatic carbocycles. The fraction of sp³-hybridized carbons (Fsp3) is 0.368. The van der Waals surface area contributed by atoms with E-state index in [4.69, 9.17) is 4.74 Å². The maximum Gasteiger partial charge on any atom is 0.224 e. The number of pyridine rings is 1. The van der Waals surface area contributed by atoms with E-state index in [-0.39, 0.29) is 0 Å². The van der Waals surface area contributed by atoms with Crippen molar-refractivity contribution in [2.75, 3.05) is 6.61 Å². The summed E-state index contributed by atoms with van der Waals surface area (Å²) in [4.78, 5) is 8.74. The summed E-state index contributed by atoms with van der Waals surface area (Å²) in [6.07, 6.45) is 1.66. The second-order valence-electron chi connectivity index (χ2n) is 6.33. The number of aliphatic imine (C=N–C) groups is 1. The number of hydroxylamine groups is 1. The van der Waals surface area contributed by atoms with Crippen LogP contribution >= 0.6 is 0 Å². The van der Waals surface area contributed by atoms with Gasteiger partial charge in [-0.05, 0) is 37.5 Å². The Kier molecular flexibility index (Phi) is 6.32. The molecule has 1 aromatic carbocycles. The predicted molar refractivity (Wildman–Crippen MR) is 95.6 cm³/mol. The molecule has 0 bridgehead atoms. The van der Waals surface area contributed by atoms with E-state index in [0.717, 1.165) is 5.56 Å². The number of rotatable bonds is 6. The zero-order valence-electron chi connectivity index (χ0n) is 14.7. The zero-order valence-corrected chi connectivity index (χ0v) is 14.7. The van der Waals surface area contributed by atoms with E-state index < -0.39 is 0 Å². The van der Waals surface area contributed by atoms with Gasteiger partial charge in [0.2, 0.25) is 5.88 Å². The van der Waals surface area contributed by atoms with Crippen molar-refractivity contribution in [3.8, 4) is 5.88 Å². The third kappa shape index (κ3) is 5.06. The molecule has 0 fully saturated rings. The van der Waals surface area contributed by atoms with Crippen molar-refractivity contribution in [1.29, 1.82) is 0 Å². The van der Waals surface area contributed by atoms with Gasteiger partial charge in [0.1, 0.15) is 0 Å². The molecule has 1 aromatic heterocycles. The Morgan fingerprint density at radius 1 is 1.25 bits per heavy atom. The number of hydrogen-bond donors (Lipinski definition) is 2. The van der Waals surface area contributed by atoms with Gasteiger partial charge in [-0.15, -0.1) is 0 Å². The maximum atomic E-state index is 9.50. The first-order chi connectivity index (χ1) is 11.5. The van der Waals surface area contributed by atoms with Gasteiger partial charge in [-0.2, -0.15) is 0 Å². The van der Waals surface area contributed by atoms with Gasteiger partial charge in [-0.25, -0.2) is 4.98 Å². The first-order valence-corrected chi connectivity index (χ1v) is 8.09. The average molecular weight is 327 g/mol. The second-order valence-corrected chi connectivity index (χ2v) is 6.33. The number of nitrogens with one attached hydrogen (secondary N) is 1. The highest BCUT2D eigenvalue weighted by molar-refractivity contribution is 5.99. The Labute approximate surface area is 143 Å². The molecule has 0 radical (unpaired) electrons. The fourth-order valence-electron chi connectivity index (χ4n) is 2.44. The van der Waals surface area contributed by atoms with Crippen LogP contribution in [0.15, 0.2) is 41.5 Å². The standard InChI is InChI=1S/C19H25N3O2/c1-13(2)12-24-19-17(6-5-7-20-19)18(22-23)21-11-16-9-14(3)8-15(4)10-16/h5-10,13,23H,11-12H2,1-4H3,(H,21,22). The Hall–Kier alpha value is -2.40. The molecule has 0 saturated heterocycles. The number of hydrogen-bond acceptors (Lipinski definition) is 4. The van der Waals surface area contributed by atoms with Crippen LogP contribution in [-0.2, 0) is 6.54 Å². The Morgan fingerprint density at radius 3 is 2.58 bits per heavy atom. The summed E-state index contributed by atoms with van der Waals surface area (Å²) >= 11 is 0. The third-order valence-corrected chi connectivity index (χ3v) is 3.39. The summed E-state index contributed by atoms with van der Waals surface area (Å²) in [7, 11) is 0. The minimum Gasteiger partial charge on any atom is -0.477 e. The monoisotopic (exact) mass is 327 g/mol. The summed E-state index contributed by atoms with van der Waals surface area (Å²) in [5, 5.41) is 9.50. The van der Waals surface area contributed by atoms with Crippen LogP contribution in [0.4, 0.5) is 0 Å². The first-order valence-electron chi connectivity index (χ1n) is 8.09. The van der Waals surface area contributed by atoms with Crippen LogP contribution in [-0.4, -0.2) is 22.6 Å². The summed E-state index contributed by atoms with van der Waals surface area (Å²) in [5.41, 5.74) is 6.30. The van der Waals surface area contributed by atoms with Crippen molar-refractivity contribution in [1.82, 2.24) is 10.5 Å². The number of benzene rings is 1. The molecule has 0 aliphatic rings. The SMILES string of the molecule is Cc1cc(C)cc(CN=C(NO)c2cccnc2OCC(C)C)c1. The molecular weight excluding hydrogens is 302 g/mol. The second kappa shape index (κ2) is 8.45. The zero-order chi connectivity index (χ0) is 17.5. The van der Waals surface area contributed by atoms with Gasteiger partial charge in [0.25, 0.3) is 0 Å². The molecule has 0 aliphatic heterocycles. The van der Waals surface area contributed by atoms with Crippen LogP contribution in [0, 0.1) is 19.8 Å². The van der Waals surface area contributed by atoms with Crippen LogP contribution in [0.25, 0.3) is 0 Å². The van der Waals surface area contributed by atoms with Gasteiger partial charge >= 0.3 is 0 Å². The molecule has 5 heteroatoms. The molecule has 5 nitrogen and oxygen atoms in total. The number of amidine groups is 1. The molecule has 2 rings (SSSR count). The molecule has 1 heterocycles. The Bertz CT molecular complexity index is 691. The summed E-state index contributed by atoms with van der Waals surface area (Å²) in [5.74, 6) is 1.20. The van der Waals surface area contributed by atoms with Crippen molar-refractivity contribution < 1.29 is 9.94 Å². The van der Waals surface area contributed by atoms with E-state index in [2.05, 4.69) is 61.4 Å². The molecule has 0 spiro atoms.